The first kappa shape index (κ1) is 21.8. The van der Waals surface area contributed by atoms with Gasteiger partial charge in [0.2, 0.25) is 5.91 Å². The Morgan fingerprint density at radius 3 is 2.28 bits per heavy atom. The number of carbonyl (C=O) groups excluding carboxylic acids is 2. The number of aliphatic hydroxyl groups is 1. The van der Waals surface area contributed by atoms with Crippen LogP contribution >= 0.6 is 0 Å². The number of esters is 1. The second-order valence-corrected chi connectivity index (χ2v) is 8.74. The van der Waals surface area contributed by atoms with Crippen LogP contribution in [0.1, 0.15) is 74.2 Å². The summed E-state index contributed by atoms with van der Waals surface area (Å²) in [5.74, 6) is -0.563. The summed E-state index contributed by atoms with van der Waals surface area (Å²) in [6.07, 6.45) is 5.71. The van der Waals surface area contributed by atoms with Crippen LogP contribution in [0.2, 0.25) is 0 Å². The molecule has 3 rings (SSSR count). The molecule has 6 heteroatoms. The van der Waals surface area contributed by atoms with Gasteiger partial charge in [-0.1, -0.05) is 6.92 Å². The first-order valence-electron chi connectivity index (χ1n) is 10.7. The van der Waals surface area contributed by atoms with Gasteiger partial charge in [0.1, 0.15) is 5.82 Å². The number of rotatable bonds is 4. The van der Waals surface area contributed by atoms with Gasteiger partial charge in [0.05, 0.1) is 24.5 Å². The van der Waals surface area contributed by atoms with Gasteiger partial charge < -0.3 is 14.7 Å². The highest BCUT2D eigenvalue weighted by Gasteiger charge is 2.36. The SMILES string of the molecule is COC(=O)c1cc(C)c(F)cc1N(C(=O)C1CCC(C)CC1)C1CCC(O)CC1. The lowest BCUT2D eigenvalue weighted by Gasteiger charge is -2.39. The van der Waals surface area contributed by atoms with Gasteiger partial charge in [0, 0.05) is 12.0 Å². The van der Waals surface area contributed by atoms with E-state index < -0.39 is 11.8 Å². The summed E-state index contributed by atoms with van der Waals surface area (Å²) in [6, 6.07) is 2.61. The molecule has 0 heterocycles. The first-order valence-corrected chi connectivity index (χ1v) is 10.7. The maximum Gasteiger partial charge on any atom is 0.339 e. The van der Waals surface area contributed by atoms with Crippen molar-refractivity contribution in [2.24, 2.45) is 11.8 Å². The topological polar surface area (TPSA) is 66.8 Å². The molecule has 1 N–H and O–H groups in total. The van der Waals surface area contributed by atoms with Crippen molar-refractivity contribution >= 4 is 17.6 Å². The zero-order valence-corrected chi connectivity index (χ0v) is 17.6. The Morgan fingerprint density at radius 2 is 1.69 bits per heavy atom. The van der Waals surface area contributed by atoms with Gasteiger partial charge in [-0.05, 0) is 81.9 Å². The molecule has 29 heavy (non-hydrogen) atoms. The van der Waals surface area contributed by atoms with E-state index in [1.807, 2.05) is 0 Å². The van der Waals surface area contributed by atoms with Gasteiger partial charge in [-0.3, -0.25) is 4.79 Å². The molecule has 1 aromatic rings. The van der Waals surface area contributed by atoms with Crippen molar-refractivity contribution in [3.05, 3.63) is 29.1 Å². The van der Waals surface area contributed by atoms with Crippen molar-refractivity contribution in [2.45, 2.75) is 77.4 Å². The second kappa shape index (κ2) is 9.24. The Bertz CT molecular complexity index is 749. The number of ether oxygens (including phenoxy) is 1. The van der Waals surface area contributed by atoms with Gasteiger partial charge >= 0.3 is 5.97 Å². The van der Waals surface area contributed by atoms with Crippen molar-refractivity contribution in [3.8, 4) is 0 Å². The number of amides is 1. The highest BCUT2D eigenvalue weighted by molar-refractivity contribution is 6.03. The maximum atomic E-state index is 14.5. The van der Waals surface area contributed by atoms with E-state index in [0.717, 1.165) is 25.7 Å². The largest absolute Gasteiger partial charge is 0.465 e. The standard InChI is InChI=1S/C23H32FNO4/c1-14-4-6-16(7-5-14)22(27)25(17-8-10-18(26)11-9-17)21-13-20(24)15(2)12-19(21)23(28)29-3/h12-14,16-18,26H,4-11H2,1-3H3. The fourth-order valence-electron chi connectivity index (χ4n) is 4.66. The molecular weight excluding hydrogens is 373 g/mol. The first-order chi connectivity index (χ1) is 13.8. The maximum absolute atomic E-state index is 14.5. The second-order valence-electron chi connectivity index (χ2n) is 8.74. The Balaban J connectivity index is 2.02. The molecule has 2 aliphatic carbocycles. The lowest BCUT2D eigenvalue weighted by molar-refractivity contribution is -0.124. The summed E-state index contributed by atoms with van der Waals surface area (Å²) in [5.41, 5.74) is 0.854. The predicted octanol–water partition coefficient (Wildman–Crippen LogP) is 4.38. The normalized spacial score (nSPS) is 27.3. The minimum Gasteiger partial charge on any atom is -0.465 e. The number of carbonyl (C=O) groups is 2. The van der Waals surface area contributed by atoms with Gasteiger partial charge in [0.15, 0.2) is 0 Å². The lowest BCUT2D eigenvalue weighted by Crippen LogP contribution is -2.47. The van der Waals surface area contributed by atoms with E-state index in [-0.39, 0.29) is 29.5 Å². The summed E-state index contributed by atoms with van der Waals surface area (Å²) in [6.45, 7) is 3.79. The number of halogens is 1. The fourth-order valence-corrected chi connectivity index (χ4v) is 4.66. The van der Waals surface area contributed by atoms with Crippen LogP contribution in [-0.2, 0) is 9.53 Å². The number of aryl methyl sites for hydroxylation is 1. The van der Waals surface area contributed by atoms with E-state index >= 15 is 0 Å². The monoisotopic (exact) mass is 405 g/mol. The van der Waals surface area contributed by atoms with E-state index in [4.69, 9.17) is 4.74 Å². The molecule has 2 fully saturated rings. The lowest BCUT2D eigenvalue weighted by atomic mass is 9.81. The third-order valence-corrected chi connectivity index (χ3v) is 6.58. The predicted molar refractivity (Wildman–Crippen MR) is 109 cm³/mol. The molecule has 0 radical (unpaired) electrons. The van der Waals surface area contributed by atoms with Crippen molar-refractivity contribution in [1.29, 1.82) is 0 Å². The minimum absolute atomic E-state index is 0.0355. The van der Waals surface area contributed by atoms with Crippen LogP contribution in [0.5, 0.6) is 0 Å². The van der Waals surface area contributed by atoms with Crippen LogP contribution < -0.4 is 4.90 Å². The van der Waals surface area contributed by atoms with Crippen LogP contribution in [-0.4, -0.2) is 36.2 Å². The van der Waals surface area contributed by atoms with Gasteiger partial charge in [-0.25, -0.2) is 9.18 Å². The zero-order valence-electron chi connectivity index (χ0n) is 17.6. The molecule has 5 nitrogen and oxygen atoms in total. The molecule has 1 aromatic carbocycles. The third-order valence-electron chi connectivity index (χ3n) is 6.58. The van der Waals surface area contributed by atoms with Gasteiger partial charge in [0.25, 0.3) is 0 Å². The van der Waals surface area contributed by atoms with Gasteiger partial charge in [-0.2, -0.15) is 0 Å². The fraction of sp³-hybridized carbons (Fsp3) is 0.652. The molecular formula is C23H32FNO4. The molecule has 0 unspecified atom stereocenters. The zero-order chi connectivity index (χ0) is 21.1. The number of aliphatic hydroxyl groups excluding tert-OH is 1. The molecule has 0 aromatic heterocycles. The van der Waals surface area contributed by atoms with Crippen molar-refractivity contribution in [1.82, 2.24) is 0 Å². The van der Waals surface area contributed by atoms with Crippen LogP contribution in [0.4, 0.5) is 10.1 Å². The third kappa shape index (κ3) is 4.80. The Labute approximate surface area is 172 Å². The average Bonchev–Trinajstić information content (AvgIpc) is 2.71. The van der Waals surface area contributed by atoms with Crippen molar-refractivity contribution in [3.63, 3.8) is 0 Å². The van der Waals surface area contributed by atoms with Crippen molar-refractivity contribution in [2.75, 3.05) is 12.0 Å². The Morgan fingerprint density at radius 1 is 1.07 bits per heavy atom. The van der Waals surface area contributed by atoms with Gasteiger partial charge in [-0.15, -0.1) is 0 Å². The molecule has 1 amide bonds. The number of hydrogen-bond acceptors (Lipinski definition) is 4. The molecule has 2 saturated carbocycles. The van der Waals surface area contributed by atoms with E-state index in [2.05, 4.69) is 6.92 Å². The summed E-state index contributed by atoms with van der Waals surface area (Å²) in [5, 5.41) is 9.92. The highest BCUT2D eigenvalue weighted by atomic mass is 19.1. The highest BCUT2D eigenvalue weighted by Crippen LogP contribution is 2.36. The summed E-state index contributed by atoms with van der Waals surface area (Å²) >= 11 is 0. The summed E-state index contributed by atoms with van der Waals surface area (Å²) in [4.78, 5) is 27.7. The smallest absolute Gasteiger partial charge is 0.339 e. The molecule has 0 bridgehead atoms. The molecule has 0 aliphatic heterocycles. The molecule has 0 atom stereocenters. The van der Waals surface area contributed by atoms with Crippen LogP contribution in [0.3, 0.4) is 0 Å². The summed E-state index contributed by atoms with van der Waals surface area (Å²) < 4.78 is 19.5. The van der Waals surface area contributed by atoms with Crippen molar-refractivity contribution < 1.29 is 23.8 Å². The van der Waals surface area contributed by atoms with Crippen LogP contribution in [0, 0.1) is 24.6 Å². The molecule has 160 valence electrons. The Hall–Kier alpha value is -1.95. The van der Waals surface area contributed by atoms with E-state index in [1.54, 1.807) is 11.8 Å². The average molecular weight is 406 g/mol. The Kier molecular flexibility index (Phi) is 6.93. The molecule has 2 aliphatic rings. The number of benzene rings is 1. The van der Waals surface area contributed by atoms with Crippen LogP contribution in [0.15, 0.2) is 12.1 Å². The quantitative estimate of drug-likeness (QED) is 0.755. The molecule has 0 saturated heterocycles. The summed E-state index contributed by atoms with van der Waals surface area (Å²) in [7, 11) is 1.29. The van der Waals surface area contributed by atoms with E-state index in [9.17, 15) is 19.1 Å². The molecule has 0 spiro atoms. The minimum atomic E-state index is -0.575. The number of hydrogen-bond donors (Lipinski definition) is 1. The van der Waals surface area contributed by atoms with E-state index in [0.29, 0.717) is 42.9 Å². The number of methoxy groups -OCH3 is 1. The number of nitrogens with zero attached hydrogens (tertiary/aromatic N) is 1. The van der Waals surface area contributed by atoms with Crippen LogP contribution in [0.25, 0.3) is 0 Å². The van der Waals surface area contributed by atoms with E-state index in [1.165, 1.54) is 19.2 Å². The number of anilines is 1.